The molecule has 0 spiro atoms. The van der Waals surface area contributed by atoms with Gasteiger partial charge >= 0.3 is 0 Å². The fourth-order valence-corrected chi connectivity index (χ4v) is 3.32. The molecule has 1 aliphatic rings. The van der Waals surface area contributed by atoms with Crippen molar-refractivity contribution in [3.63, 3.8) is 0 Å². The molecule has 0 saturated carbocycles. The molecule has 1 saturated heterocycles. The Hall–Kier alpha value is -1.92. The molecule has 116 valence electrons. The number of aromatic nitrogens is 1. The summed E-state index contributed by atoms with van der Waals surface area (Å²) in [6.45, 7) is 5.02. The van der Waals surface area contributed by atoms with Crippen molar-refractivity contribution in [1.29, 1.82) is 0 Å². The molecule has 22 heavy (non-hydrogen) atoms. The number of thiazole rings is 1. The Bertz CT molecular complexity index is 633. The van der Waals surface area contributed by atoms with Crippen LogP contribution in [0.15, 0.2) is 35.7 Å². The average Bonchev–Trinajstić information content (AvgIpc) is 3.05. The fraction of sp³-hybridized carbons (Fsp3) is 0.375. The van der Waals surface area contributed by atoms with E-state index in [1.807, 2.05) is 35.4 Å². The first-order chi connectivity index (χ1) is 10.6. The summed E-state index contributed by atoms with van der Waals surface area (Å²) >= 11 is 1.45. The number of carbonyl (C=O) groups is 1. The molecule has 1 aromatic carbocycles. The SMILES string of the molecule is CC(N)c1nc(C(=O)N2CCN(c3ccccc3)CC2)cs1. The molecule has 1 amide bonds. The van der Waals surface area contributed by atoms with E-state index in [0.717, 1.165) is 31.2 Å². The van der Waals surface area contributed by atoms with Gasteiger partial charge in [0, 0.05) is 37.2 Å². The van der Waals surface area contributed by atoms with Gasteiger partial charge in [0.1, 0.15) is 10.7 Å². The van der Waals surface area contributed by atoms with E-state index in [1.165, 1.54) is 17.0 Å². The standard InChI is InChI=1S/C16H20N4OS/c1-12(17)15-18-14(11-22-15)16(21)20-9-7-19(8-10-20)13-5-3-2-4-6-13/h2-6,11-12H,7-10,17H2,1H3. The number of anilines is 1. The van der Waals surface area contributed by atoms with Crippen molar-refractivity contribution in [2.75, 3.05) is 31.1 Å². The molecule has 1 atom stereocenters. The van der Waals surface area contributed by atoms with Gasteiger partial charge in [-0.25, -0.2) is 4.98 Å². The van der Waals surface area contributed by atoms with Crippen LogP contribution in [0.1, 0.15) is 28.5 Å². The van der Waals surface area contributed by atoms with Crippen molar-refractivity contribution >= 4 is 22.9 Å². The second-order valence-corrected chi connectivity index (χ2v) is 6.36. The molecule has 1 aliphatic heterocycles. The van der Waals surface area contributed by atoms with Crippen LogP contribution in [0.25, 0.3) is 0 Å². The number of carbonyl (C=O) groups excluding carboxylic acids is 1. The van der Waals surface area contributed by atoms with Crippen molar-refractivity contribution in [3.05, 3.63) is 46.4 Å². The lowest BCUT2D eigenvalue weighted by Gasteiger charge is -2.35. The summed E-state index contributed by atoms with van der Waals surface area (Å²) in [4.78, 5) is 21.0. The van der Waals surface area contributed by atoms with E-state index in [0.29, 0.717) is 5.69 Å². The van der Waals surface area contributed by atoms with Crippen LogP contribution >= 0.6 is 11.3 Å². The van der Waals surface area contributed by atoms with E-state index in [1.54, 1.807) is 0 Å². The van der Waals surface area contributed by atoms with E-state index >= 15 is 0 Å². The monoisotopic (exact) mass is 316 g/mol. The van der Waals surface area contributed by atoms with E-state index < -0.39 is 0 Å². The van der Waals surface area contributed by atoms with Crippen molar-refractivity contribution in [1.82, 2.24) is 9.88 Å². The molecule has 2 N–H and O–H groups in total. The molecule has 0 aliphatic carbocycles. The van der Waals surface area contributed by atoms with Gasteiger partial charge in [0.2, 0.25) is 0 Å². The summed E-state index contributed by atoms with van der Waals surface area (Å²) in [5.41, 5.74) is 7.53. The lowest BCUT2D eigenvalue weighted by atomic mass is 10.2. The highest BCUT2D eigenvalue weighted by molar-refractivity contribution is 7.09. The number of hydrogen-bond donors (Lipinski definition) is 1. The molecule has 5 nitrogen and oxygen atoms in total. The van der Waals surface area contributed by atoms with Gasteiger partial charge in [0.15, 0.2) is 0 Å². The normalized spacial score (nSPS) is 16.6. The summed E-state index contributed by atoms with van der Waals surface area (Å²) in [6.07, 6.45) is 0. The highest BCUT2D eigenvalue weighted by Crippen LogP contribution is 2.19. The van der Waals surface area contributed by atoms with Gasteiger partial charge < -0.3 is 15.5 Å². The highest BCUT2D eigenvalue weighted by Gasteiger charge is 2.24. The zero-order valence-electron chi connectivity index (χ0n) is 12.6. The number of piperazine rings is 1. The number of nitrogens with zero attached hydrogens (tertiary/aromatic N) is 3. The van der Waals surface area contributed by atoms with E-state index in [2.05, 4.69) is 22.0 Å². The molecule has 3 rings (SSSR count). The third kappa shape index (κ3) is 3.13. The molecule has 1 aromatic heterocycles. The smallest absolute Gasteiger partial charge is 0.273 e. The lowest BCUT2D eigenvalue weighted by Crippen LogP contribution is -2.48. The van der Waals surface area contributed by atoms with Crippen LogP contribution in [-0.4, -0.2) is 42.0 Å². The Balaban J connectivity index is 1.62. The Morgan fingerprint density at radius 3 is 2.50 bits per heavy atom. The largest absolute Gasteiger partial charge is 0.368 e. The summed E-state index contributed by atoms with van der Waals surface area (Å²) in [5.74, 6) is 0.0101. The molecule has 0 radical (unpaired) electrons. The Morgan fingerprint density at radius 1 is 1.23 bits per heavy atom. The fourth-order valence-electron chi connectivity index (χ4n) is 2.56. The van der Waals surface area contributed by atoms with Crippen molar-refractivity contribution in [3.8, 4) is 0 Å². The molecule has 2 aromatic rings. The number of rotatable bonds is 3. The van der Waals surface area contributed by atoms with Crippen LogP contribution in [0.3, 0.4) is 0 Å². The molecule has 1 fully saturated rings. The zero-order chi connectivity index (χ0) is 15.5. The number of para-hydroxylation sites is 1. The summed E-state index contributed by atoms with van der Waals surface area (Å²) < 4.78 is 0. The van der Waals surface area contributed by atoms with E-state index in [-0.39, 0.29) is 11.9 Å². The van der Waals surface area contributed by atoms with Gasteiger partial charge in [0.25, 0.3) is 5.91 Å². The van der Waals surface area contributed by atoms with Crippen molar-refractivity contribution in [2.24, 2.45) is 5.73 Å². The van der Waals surface area contributed by atoms with E-state index in [9.17, 15) is 4.79 Å². The first-order valence-electron chi connectivity index (χ1n) is 7.45. The maximum atomic E-state index is 12.5. The van der Waals surface area contributed by atoms with Gasteiger partial charge in [-0.1, -0.05) is 18.2 Å². The minimum absolute atomic E-state index is 0.0101. The zero-order valence-corrected chi connectivity index (χ0v) is 13.4. The Kier molecular flexibility index (Phi) is 4.40. The Morgan fingerprint density at radius 2 is 1.91 bits per heavy atom. The molecule has 2 heterocycles. The van der Waals surface area contributed by atoms with Crippen molar-refractivity contribution in [2.45, 2.75) is 13.0 Å². The van der Waals surface area contributed by atoms with Crippen LogP contribution in [0, 0.1) is 0 Å². The quantitative estimate of drug-likeness (QED) is 0.942. The number of amides is 1. The molecular formula is C16H20N4OS. The predicted molar refractivity (Wildman–Crippen MR) is 89.3 cm³/mol. The van der Waals surface area contributed by atoms with Gasteiger partial charge in [-0.3, -0.25) is 4.79 Å². The Labute approximate surface area is 134 Å². The maximum absolute atomic E-state index is 12.5. The molecule has 1 unspecified atom stereocenters. The lowest BCUT2D eigenvalue weighted by molar-refractivity contribution is 0.0741. The van der Waals surface area contributed by atoms with Crippen LogP contribution in [0.2, 0.25) is 0 Å². The average molecular weight is 316 g/mol. The van der Waals surface area contributed by atoms with Crippen molar-refractivity contribution < 1.29 is 4.79 Å². The van der Waals surface area contributed by atoms with Crippen LogP contribution < -0.4 is 10.6 Å². The maximum Gasteiger partial charge on any atom is 0.273 e. The third-order valence-electron chi connectivity index (χ3n) is 3.82. The summed E-state index contributed by atoms with van der Waals surface area (Å²) in [7, 11) is 0. The minimum atomic E-state index is -0.124. The minimum Gasteiger partial charge on any atom is -0.368 e. The first kappa shape index (κ1) is 15.0. The first-order valence-corrected chi connectivity index (χ1v) is 8.33. The third-order valence-corrected chi connectivity index (χ3v) is 4.86. The summed E-state index contributed by atoms with van der Waals surface area (Å²) in [5, 5.41) is 2.62. The predicted octanol–water partition coefficient (Wildman–Crippen LogP) is 2.13. The van der Waals surface area contributed by atoms with Gasteiger partial charge in [-0.2, -0.15) is 0 Å². The van der Waals surface area contributed by atoms with E-state index in [4.69, 9.17) is 5.73 Å². The van der Waals surface area contributed by atoms with Gasteiger partial charge in [-0.05, 0) is 19.1 Å². The molecule has 0 bridgehead atoms. The van der Waals surface area contributed by atoms with Crippen LogP contribution in [0.5, 0.6) is 0 Å². The second kappa shape index (κ2) is 6.46. The number of hydrogen-bond acceptors (Lipinski definition) is 5. The van der Waals surface area contributed by atoms with Gasteiger partial charge in [-0.15, -0.1) is 11.3 Å². The second-order valence-electron chi connectivity index (χ2n) is 5.47. The molecular weight excluding hydrogens is 296 g/mol. The topological polar surface area (TPSA) is 62.5 Å². The summed E-state index contributed by atoms with van der Waals surface area (Å²) in [6, 6.07) is 10.2. The van der Waals surface area contributed by atoms with Crippen LogP contribution in [0.4, 0.5) is 5.69 Å². The number of benzene rings is 1. The highest BCUT2D eigenvalue weighted by atomic mass is 32.1. The van der Waals surface area contributed by atoms with Gasteiger partial charge in [0.05, 0.1) is 6.04 Å². The molecule has 6 heteroatoms. The number of nitrogens with two attached hydrogens (primary N) is 1. The van der Waals surface area contributed by atoms with Crippen LogP contribution in [-0.2, 0) is 0 Å².